The SMILES string of the molecule is C=C[C@H]1CCC2C3CCC4=CC(=O)CC[C@]4(C)C3C[C@@H](C)C21. The monoisotopic (exact) mass is 298 g/mol. The quantitative estimate of drug-likeness (QED) is 0.610. The fraction of sp³-hybridized carbons (Fsp3) is 0.762. The first-order valence-corrected chi connectivity index (χ1v) is 9.41. The average Bonchev–Trinajstić information content (AvgIpc) is 2.94. The zero-order chi connectivity index (χ0) is 15.5. The zero-order valence-electron chi connectivity index (χ0n) is 14.2. The third-order valence-electron chi connectivity index (χ3n) is 8.00. The molecule has 0 aromatic heterocycles. The van der Waals surface area contributed by atoms with Crippen molar-refractivity contribution in [1.29, 1.82) is 0 Å². The van der Waals surface area contributed by atoms with Gasteiger partial charge in [0.25, 0.3) is 0 Å². The van der Waals surface area contributed by atoms with E-state index in [0.29, 0.717) is 11.2 Å². The highest BCUT2D eigenvalue weighted by Crippen LogP contribution is 2.63. The molecule has 3 saturated carbocycles. The molecule has 1 nitrogen and oxygen atoms in total. The molecule has 0 spiro atoms. The van der Waals surface area contributed by atoms with Gasteiger partial charge in [-0.2, -0.15) is 0 Å². The minimum Gasteiger partial charge on any atom is -0.295 e. The molecule has 120 valence electrons. The van der Waals surface area contributed by atoms with E-state index in [1.54, 1.807) is 0 Å². The topological polar surface area (TPSA) is 17.1 Å². The molecule has 0 aromatic carbocycles. The summed E-state index contributed by atoms with van der Waals surface area (Å²) in [4.78, 5) is 11.9. The molecular weight excluding hydrogens is 268 g/mol. The summed E-state index contributed by atoms with van der Waals surface area (Å²) >= 11 is 0. The van der Waals surface area contributed by atoms with Crippen LogP contribution in [-0.4, -0.2) is 5.78 Å². The molecule has 4 unspecified atom stereocenters. The maximum Gasteiger partial charge on any atom is 0.155 e. The Morgan fingerprint density at radius 2 is 2.05 bits per heavy atom. The number of hydrogen-bond donors (Lipinski definition) is 0. The Bertz CT molecular complexity index is 530. The van der Waals surface area contributed by atoms with Crippen molar-refractivity contribution in [3.05, 3.63) is 24.3 Å². The van der Waals surface area contributed by atoms with Crippen LogP contribution in [0.4, 0.5) is 0 Å². The number of allylic oxidation sites excluding steroid dienone is 2. The van der Waals surface area contributed by atoms with Crippen molar-refractivity contribution < 1.29 is 4.79 Å². The van der Waals surface area contributed by atoms with Crippen molar-refractivity contribution in [3.8, 4) is 0 Å². The molecule has 7 atom stereocenters. The summed E-state index contributed by atoms with van der Waals surface area (Å²) in [5.74, 6) is 5.50. The molecule has 0 amide bonds. The third-order valence-corrected chi connectivity index (χ3v) is 8.00. The second-order valence-electron chi connectivity index (χ2n) is 8.79. The number of carbonyl (C=O) groups is 1. The van der Waals surface area contributed by atoms with Gasteiger partial charge in [0.1, 0.15) is 0 Å². The summed E-state index contributed by atoms with van der Waals surface area (Å²) in [5, 5.41) is 0. The van der Waals surface area contributed by atoms with E-state index in [2.05, 4.69) is 26.5 Å². The fourth-order valence-corrected chi connectivity index (χ4v) is 6.96. The predicted molar refractivity (Wildman–Crippen MR) is 90.3 cm³/mol. The van der Waals surface area contributed by atoms with E-state index in [1.165, 1.54) is 37.7 Å². The Morgan fingerprint density at radius 1 is 1.23 bits per heavy atom. The van der Waals surface area contributed by atoms with Crippen molar-refractivity contribution in [2.24, 2.45) is 40.9 Å². The van der Waals surface area contributed by atoms with Crippen LogP contribution >= 0.6 is 0 Å². The van der Waals surface area contributed by atoms with Crippen molar-refractivity contribution in [2.45, 2.75) is 58.8 Å². The van der Waals surface area contributed by atoms with E-state index in [1.807, 2.05) is 6.08 Å². The van der Waals surface area contributed by atoms with Crippen LogP contribution in [0.2, 0.25) is 0 Å². The molecule has 0 aliphatic heterocycles. The van der Waals surface area contributed by atoms with Gasteiger partial charge in [0.15, 0.2) is 5.78 Å². The van der Waals surface area contributed by atoms with Gasteiger partial charge >= 0.3 is 0 Å². The predicted octanol–water partition coefficient (Wildman–Crippen LogP) is 5.18. The van der Waals surface area contributed by atoms with E-state index in [4.69, 9.17) is 0 Å². The molecule has 3 fully saturated rings. The standard InChI is InChI=1S/C21H30O/c1-4-14-5-7-18-17-8-6-15-12-16(22)9-10-21(15,3)19(17)11-13(2)20(14)18/h4,12-14,17-20H,1,5-11H2,2-3H3/t13-,14+,17?,18?,19?,20?,21+/m1/s1. The molecular formula is C21H30O. The first-order valence-electron chi connectivity index (χ1n) is 9.41. The highest BCUT2D eigenvalue weighted by Gasteiger charge is 2.55. The lowest BCUT2D eigenvalue weighted by atomic mass is 9.48. The number of carbonyl (C=O) groups excluding carboxylic acids is 1. The average molecular weight is 298 g/mol. The lowest BCUT2D eigenvalue weighted by molar-refractivity contribution is -0.117. The Kier molecular flexibility index (Phi) is 3.40. The molecule has 4 rings (SSSR count). The van der Waals surface area contributed by atoms with E-state index < -0.39 is 0 Å². The van der Waals surface area contributed by atoms with Crippen LogP contribution in [0.5, 0.6) is 0 Å². The maximum absolute atomic E-state index is 11.9. The van der Waals surface area contributed by atoms with Crippen LogP contribution in [0.25, 0.3) is 0 Å². The second kappa shape index (κ2) is 5.08. The van der Waals surface area contributed by atoms with E-state index in [-0.39, 0.29) is 0 Å². The van der Waals surface area contributed by atoms with Gasteiger partial charge in [0.2, 0.25) is 0 Å². The first-order chi connectivity index (χ1) is 10.5. The van der Waals surface area contributed by atoms with Gasteiger partial charge in [-0.25, -0.2) is 0 Å². The smallest absolute Gasteiger partial charge is 0.155 e. The van der Waals surface area contributed by atoms with Crippen LogP contribution in [0.15, 0.2) is 24.3 Å². The van der Waals surface area contributed by atoms with Gasteiger partial charge < -0.3 is 0 Å². The van der Waals surface area contributed by atoms with Crippen molar-refractivity contribution in [2.75, 3.05) is 0 Å². The number of rotatable bonds is 1. The highest BCUT2D eigenvalue weighted by molar-refractivity contribution is 5.91. The Balaban J connectivity index is 1.68. The summed E-state index contributed by atoms with van der Waals surface area (Å²) in [6, 6.07) is 0. The number of fused-ring (bicyclic) bond motifs is 5. The number of ketones is 1. The molecule has 0 bridgehead atoms. The maximum atomic E-state index is 11.9. The lowest BCUT2D eigenvalue weighted by Gasteiger charge is -2.57. The third kappa shape index (κ3) is 1.93. The van der Waals surface area contributed by atoms with Crippen LogP contribution < -0.4 is 0 Å². The van der Waals surface area contributed by atoms with Crippen molar-refractivity contribution in [1.82, 2.24) is 0 Å². The minimum atomic E-state index is 0.322. The Hall–Kier alpha value is -0.850. The van der Waals surface area contributed by atoms with Crippen molar-refractivity contribution in [3.63, 3.8) is 0 Å². The van der Waals surface area contributed by atoms with E-state index in [9.17, 15) is 4.79 Å². The first kappa shape index (κ1) is 14.7. The molecule has 0 aromatic rings. The molecule has 22 heavy (non-hydrogen) atoms. The van der Waals surface area contributed by atoms with E-state index in [0.717, 1.165) is 48.3 Å². The molecule has 0 heterocycles. The normalized spacial score (nSPS) is 50.6. The van der Waals surface area contributed by atoms with Gasteiger partial charge in [-0.15, -0.1) is 6.58 Å². The van der Waals surface area contributed by atoms with Crippen LogP contribution in [0.3, 0.4) is 0 Å². The summed E-state index contributed by atoms with van der Waals surface area (Å²) in [6.07, 6.45) is 12.8. The van der Waals surface area contributed by atoms with Gasteiger partial charge in [-0.05, 0) is 85.5 Å². The van der Waals surface area contributed by atoms with Gasteiger partial charge in [-0.1, -0.05) is 25.5 Å². The summed E-state index contributed by atoms with van der Waals surface area (Å²) < 4.78 is 0. The van der Waals surface area contributed by atoms with E-state index >= 15 is 0 Å². The van der Waals surface area contributed by atoms with Gasteiger partial charge in [0, 0.05) is 6.42 Å². The van der Waals surface area contributed by atoms with Gasteiger partial charge in [-0.3, -0.25) is 4.79 Å². The molecule has 0 radical (unpaired) electrons. The summed E-state index contributed by atoms with van der Waals surface area (Å²) in [6.45, 7) is 9.09. The molecule has 0 N–H and O–H groups in total. The fourth-order valence-electron chi connectivity index (χ4n) is 6.96. The summed E-state index contributed by atoms with van der Waals surface area (Å²) in [7, 11) is 0. The van der Waals surface area contributed by atoms with Crippen LogP contribution in [0, 0.1) is 40.9 Å². The molecule has 1 heteroatoms. The number of hydrogen-bond acceptors (Lipinski definition) is 1. The Morgan fingerprint density at radius 3 is 2.82 bits per heavy atom. The lowest BCUT2D eigenvalue weighted by Crippen LogP contribution is -2.49. The zero-order valence-corrected chi connectivity index (χ0v) is 14.2. The summed E-state index contributed by atoms with van der Waals surface area (Å²) in [5.41, 5.74) is 1.82. The largest absolute Gasteiger partial charge is 0.295 e. The molecule has 4 aliphatic carbocycles. The van der Waals surface area contributed by atoms with Crippen LogP contribution in [-0.2, 0) is 4.79 Å². The molecule has 0 saturated heterocycles. The highest BCUT2D eigenvalue weighted by atomic mass is 16.1. The minimum absolute atomic E-state index is 0.322. The van der Waals surface area contributed by atoms with Crippen molar-refractivity contribution >= 4 is 5.78 Å². The Labute approximate surface area is 135 Å². The molecule has 4 aliphatic rings. The van der Waals surface area contributed by atoms with Gasteiger partial charge in [0.05, 0.1) is 0 Å². The van der Waals surface area contributed by atoms with Crippen LogP contribution in [0.1, 0.15) is 58.8 Å². The second-order valence-corrected chi connectivity index (χ2v) is 8.79.